The van der Waals surface area contributed by atoms with Gasteiger partial charge in [0, 0.05) is 24.9 Å². The second-order valence-corrected chi connectivity index (χ2v) is 2.59. The van der Waals surface area contributed by atoms with Crippen molar-refractivity contribution in [1.82, 2.24) is 4.90 Å². The van der Waals surface area contributed by atoms with Crippen LogP contribution >= 0.6 is 0 Å². The van der Waals surface area contributed by atoms with Crippen LogP contribution in [0.4, 0.5) is 0 Å². The van der Waals surface area contributed by atoms with E-state index in [1.165, 1.54) is 0 Å². The average Bonchev–Trinajstić information content (AvgIpc) is 1.99. The van der Waals surface area contributed by atoms with Gasteiger partial charge < -0.3 is 4.90 Å². The molecule has 2 heteroatoms. The van der Waals surface area contributed by atoms with Crippen LogP contribution in [0.5, 0.6) is 0 Å². The lowest BCUT2D eigenvalue weighted by molar-refractivity contribution is -0.113. The summed E-state index contributed by atoms with van der Waals surface area (Å²) in [7, 11) is 0. The van der Waals surface area contributed by atoms with Crippen LogP contribution in [0.15, 0.2) is 11.8 Å². The van der Waals surface area contributed by atoms with E-state index in [0.29, 0.717) is 0 Å². The van der Waals surface area contributed by atoms with E-state index in [4.69, 9.17) is 0 Å². The number of allylic oxidation sites excluding steroid dienone is 1. The van der Waals surface area contributed by atoms with Gasteiger partial charge in [0.25, 0.3) is 0 Å². The van der Waals surface area contributed by atoms with Crippen molar-refractivity contribution < 1.29 is 4.79 Å². The Hall–Kier alpha value is -0.790. The van der Waals surface area contributed by atoms with Crippen LogP contribution in [0.3, 0.4) is 0 Å². The first-order valence-electron chi connectivity index (χ1n) is 4.05. The summed E-state index contributed by atoms with van der Waals surface area (Å²) < 4.78 is 0. The number of hydrogen-bond acceptors (Lipinski definition) is 2. The Labute approximate surface area is 68.9 Å². The second kappa shape index (κ2) is 4.94. The molecular formula is C9H17NO. The second-order valence-electron chi connectivity index (χ2n) is 2.59. The fourth-order valence-electron chi connectivity index (χ4n) is 0.771. The predicted octanol–water partition coefficient (Wildman–Crippen LogP) is 1.82. The van der Waals surface area contributed by atoms with Gasteiger partial charge in [-0.15, -0.1) is 0 Å². The van der Waals surface area contributed by atoms with Crippen molar-refractivity contribution in [3.63, 3.8) is 0 Å². The Morgan fingerprint density at radius 1 is 1.27 bits per heavy atom. The molecule has 0 N–H and O–H groups in total. The van der Waals surface area contributed by atoms with E-state index in [-0.39, 0.29) is 5.78 Å². The van der Waals surface area contributed by atoms with Crippen LogP contribution < -0.4 is 0 Å². The highest BCUT2D eigenvalue weighted by Crippen LogP contribution is 1.97. The van der Waals surface area contributed by atoms with Gasteiger partial charge in [0.05, 0.1) is 0 Å². The fraction of sp³-hybridized carbons (Fsp3) is 0.667. The number of rotatable bonds is 4. The molecule has 0 aromatic rings. The Balaban J connectivity index is 4.14. The van der Waals surface area contributed by atoms with E-state index in [0.717, 1.165) is 18.7 Å². The third kappa shape index (κ3) is 3.81. The molecule has 0 spiro atoms. The molecule has 0 fully saturated rings. The Kier molecular flexibility index (Phi) is 4.59. The first-order chi connectivity index (χ1) is 5.11. The molecule has 0 aliphatic rings. The minimum atomic E-state index is 0.150. The number of carbonyl (C=O) groups excluding carboxylic acids is 1. The molecule has 0 saturated heterocycles. The first kappa shape index (κ1) is 10.2. The summed E-state index contributed by atoms with van der Waals surface area (Å²) in [6.07, 6.45) is 1.92. The lowest BCUT2D eigenvalue weighted by Crippen LogP contribution is -2.17. The molecule has 0 saturated carbocycles. The van der Waals surface area contributed by atoms with Gasteiger partial charge in [-0.2, -0.15) is 0 Å². The summed E-state index contributed by atoms with van der Waals surface area (Å²) >= 11 is 0. The highest BCUT2D eigenvalue weighted by atomic mass is 16.1. The highest BCUT2D eigenvalue weighted by Gasteiger charge is 1.97. The topological polar surface area (TPSA) is 20.3 Å². The lowest BCUT2D eigenvalue weighted by Gasteiger charge is -2.15. The van der Waals surface area contributed by atoms with Crippen molar-refractivity contribution in [1.29, 1.82) is 0 Å². The third-order valence-electron chi connectivity index (χ3n) is 1.74. The maximum Gasteiger partial charge on any atom is 0.156 e. The molecule has 0 radical (unpaired) electrons. The highest BCUT2D eigenvalue weighted by molar-refractivity contribution is 5.92. The summed E-state index contributed by atoms with van der Waals surface area (Å²) in [5.41, 5.74) is 0.828. The van der Waals surface area contributed by atoms with Gasteiger partial charge in [0.2, 0.25) is 0 Å². The largest absolute Gasteiger partial charge is 0.378 e. The molecule has 0 aromatic heterocycles. The van der Waals surface area contributed by atoms with Crippen LogP contribution in [-0.2, 0) is 4.79 Å². The standard InChI is InChI=1S/C9H17NO/c1-5-10(6-2)7-8(3)9(4)11/h7H,5-6H2,1-4H3/b8-7+. The van der Waals surface area contributed by atoms with Crippen LogP contribution in [0, 0.1) is 0 Å². The first-order valence-corrected chi connectivity index (χ1v) is 4.05. The van der Waals surface area contributed by atoms with Crippen molar-refractivity contribution in [2.45, 2.75) is 27.7 Å². The van der Waals surface area contributed by atoms with Crippen molar-refractivity contribution in [2.24, 2.45) is 0 Å². The van der Waals surface area contributed by atoms with Crippen LogP contribution in [0.25, 0.3) is 0 Å². The zero-order chi connectivity index (χ0) is 8.85. The number of hydrogen-bond donors (Lipinski definition) is 0. The zero-order valence-corrected chi connectivity index (χ0v) is 7.85. The SMILES string of the molecule is CCN(/C=C(\C)C(C)=O)CC. The zero-order valence-electron chi connectivity index (χ0n) is 7.85. The molecule has 11 heavy (non-hydrogen) atoms. The molecule has 0 bridgehead atoms. The van der Waals surface area contributed by atoms with Crippen molar-refractivity contribution in [2.75, 3.05) is 13.1 Å². The summed E-state index contributed by atoms with van der Waals surface area (Å²) in [6, 6.07) is 0. The molecule has 0 unspecified atom stereocenters. The van der Waals surface area contributed by atoms with E-state index in [2.05, 4.69) is 18.7 Å². The van der Waals surface area contributed by atoms with Gasteiger partial charge in [0.15, 0.2) is 5.78 Å². The number of nitrogens with zero attached hydrogens (tertiary/aromatic N) is 1. The number of carbonyl (C=O) groups is 1. The van der Waals surface area contributed by atoms with Crippen LogP contribution in [0.2, 0.25) is 0 Å². The average molecular weight is 155 g/mol. The minimum absolute atomic E-state index is 0.150. The molecule has 0 aliphatic heterocycles. The maximum atomic E-state index is 10.8. The quantitative estimate of drug-likeness (QED) is 0.577. The van der Waals surface area contributed by atoms with Gasteiger partial charge in [0.1, 0.15) is 0 Å². The summed E-state index contributed by atoms with van der Waals surface area (Å²) in [5, 5.41) is 0. The van der Waals surface area contributed by atoms with Crippen molar-refractivity contribution in [3.05, 3.63) is 11.8 Å². The van der Waals surface area contributed by atoms with Crippen LogP contribution in [-0.4, -0.2) is 23.8 Å². The Morgan fingerprint density at radius 3 is 2.00 bits per heavy atom. The number of Topliss-reactive ketones (excluding diaryl/α,β-unsaturated/α-hetero) is 1. The molecule has 0 rings (SSSR count). The molecule has 0 amide bonds. The Morgan fingerprint density at radius 2 is 1.73 bits per heavy atom. The lowest BCUT2D eigenvalue weighted by atomic mass is 10.2. The molecule has 0 aliphatic carbocycles. The van der Waals surface area contributed by atoms with E-state index in [9.17, 15) is 4.79 Å². The van der Waals surface area contributed by atoms with E-state index < -0.39 is 0 Å². The molecule has 0 aromatic carbocycles. The van der Waals surface area contributed by atoms with Crippen molar-refractivity contribution in [3.8, 4) is 0 Å². The van der Waals surface area contributed by atoms with Gasteiger partial charge in [-0.1, -0.05) is 0 Å². The fourth-order valence-corrected chi connectivity index (χ4v) is 0.771. The monoisotopic (exact) mass is 155 g/mol. The van der Waals surface area contributed by atoms with Gasteiger partial charge >= 0.3 is 0 Å². The normalized spacial score (nSPS) is 11.5. The number of ketones is 1. The molecule has 2 nitrogen and oxygen atoms in total. The maximum absolute atomic E-state index is 10.8. The summed E-state index contributed by atoms with van der Waals surface area (Å²) in [6.45, 7) is 9.51. The molecule has 0 heterocycles. The van der Waals surface area contributed by atoms with Crippen LogP contribution in [0.1, 0.15) is 27.7 Å². The smallest absolute Gasteiger partial charge is 0.156 e. The van der Waals surface area contributed by atoms with Crippen molar-refractivity contribution >= 4 is 5.78 Å². The van der Waals surface area contributed by atoms with Gasteiger partial charge in [-0.25, -0.2) is 0 Å². The third-order valence-corrected chi connectivity index (χ3v) is 1.74. The molecule has 64 valence electrons. The Bertz CT molecular complexity index is 157. The minimum Gasteiger partial charge on any atom is -0.378 e. The van der Waals surface area contributed by atoms with Gasteiger partial charge in [-0.05, 0) is 27.7 Å². The van der Waals surface area contributed by atoms with E-state index in [1.807, 2.05) is 13.1 Å². The molecule has 0 atom stereocenters. The molecular weight excluding hydrogens is 138 g/mol. The van der Waals surface area contributed by atoms with E-state index >= 15 is 0 Å². The summed E-state index contributed by atoms with van der Waals surface area (Å²) in [4.78, 5) is 12.9. The summed E-state index contributed by atoms with van der Waals surface area (Å²) in [5.74, 6) is 0.150. The van der Waals surface area contributed by atoms with Gasteiger partial charge in [-0.3, -0.25) is 4.79 Å². The van der Waals surface area contributed by atoms with E-state index in [1.54, 1.807) is 6.92 Å². The predicted molar refractivity (Wildman–Crippen MR) is 47.4 cm³/mol.